The van der Waals surface area contributed by atoms with Crippen molar-refractivity contribution in [2.24, 2.45) is 0 Å². The highest BCUT2D eigenvalue weighted by molar-refractivity contribution is 6.31. The summed E-state index contributed by atoms with van der Waals surface area (Å²) in [7, 11) is 0. The number of nitrogen functional groups attached to an aromatic ring is 1. The van der Waals surface area contributed by atoms with Crippen LogP contribution in [0.2, 0.25) is 5.02 Å². The predicted molar refractivity (Wildman–Crippen MR) is 87.7 cm³/mol. The third kappa shape index (κ3) is 3.18. The Bertz CT molecular complexity index is 775. The van der Waals surface area contributed by atoms with Crippen LogP contribution in [0, 0.1) is 0 Å². The maximum atomic E-state index is 6.13. The fourth-order valence-corrected chi connectivity index (χ4v) is 2.22. The molecule has 22 heavy (non-hydrogen) atoms. The van der Waals surface area contributed by atoms with E-state index in [1.807, 2.05) is 48.5 Å². The Kier molecular flexibility index (Phi) is 4.21. The first-order chi connectivity index (χ1) is 10.7. The Morgan fingerprint density at radius 1 is 0.955 bits per heavy atom. The lowest BCUT2D eigenvalue weighted by molar-refractivity contribution is 0.294. The molecule has 0 saturated carbocycles. The van der Waals surface area contributed by atoms with Gasteiger partial charge in [0.2, 0.25) is 5.88 Å². The van der Waals surface area contributed by atoms with Crippen LogP contribution in [-0.2, 0) is 6.61 Å². The summed E-state index contributed by atoms with van der Waals surface area (Å²) < 4.78 is 5.80. The fourth-order valence-electron chi connectivity index (χ4n) is 2.03. The molecule has 0 radical (unpaired) electrons. The zero-order valence-electron chi connectivity index (χ0n) is 11.7. The molecule has 3 rings (SSSR count). The first-order valence-corrected chi connectivity index (χ1v) is 7.15. The summed E-state index contributed by atoms with van der Waals surface area (Å²) in [5.41, 5.74) is 8.89. The molecule has 0 saturated heterocycles. The number of ether oxygens (including phenoxy) is 1. The molecule has 0 fully saturated rings. The average Bonchev–Trinajstić information content (AvgIpc) is 2.55. The van der Waals surface area contributed by atoms with Gasteiger partial charge in [0.15, 0.2) is 0 Å². The van der Waals surface area contributed by atoms with Crippen LogP contribution in [0.4, 0.5) is 5.69 Å². The lowest BCUT2D eigenvalue weighted by atomic mass is 10.1. The molecular weight excluding hydrogens is 298 g/mol. The van der Waals surface area contributed by atoms with Crippen LogP contribution < -0.4 is 10.5 Å². The average molecular weight is 312 g/mol. The van der Waals surface area contributed by atoms with Gasteiger partial charge >= 0.3 is 0 Å². The Morgan fingerprint density at radius 2 is 1.68 bits per heavy atom. The van der Waals surface area contributed by atoms with Crippen molar-refractivity contribution < 1.29 is 4.74 Å². The number of nitrogens with two attached hydrogens (primary N) is 1. The highest BCUT2D eigenvalue weighted by atomic mass is 35.5. The third-order valence-corrected chi connectivity index (χ3v) is 3.54. The van der Waals surface area contributed by atoms with E-state index in [1.54, 1.807) is 12.4 Å². The topological polar surface area (TPSA) is 61.0 Å². The van der Waals surface area contributed by atoms with Crippen LogP contribution in [0.25, 0.3) is 11.3 Å². The smallest absolute Gasteiger partial charge is 0.240 e. The van der Waals surface area contributed by atoms with Crippen molar-refractivity contribution in [2.75, 3.05) is 5.73 Å². The Balaban J connectivity index is 1.86. The van der Waals surface area contributed by atoms with Gasteiger partial charge in [-0.3, -0.25) is 0 Å². The van der Waals surface area contributed by atoms with Crippen LogP contribution in [0.5, 0.6) is 5.88 Å². The first kappa shape index (κ1) is 14.4. The van der Waals surface area contributed by atoms with Gasteiger partial charge in [0.1, 0.15) is 12.3 Å². The molecule has 3 aromatic rings. The molecule has 2 aromatic carbocycles. The van der Waals surface area contributed by atoms with Gasteiger partial charge in [0, 0.05) is 34.2 Å². The molecule has 0 unspecified atom stereocenters. The van der Waals surface area contributed by atoms with Crippen LogP contribution in [0.3, 0.4) is 0 Å². The molecule has 0 aliphatic carbocycles. The zero-order chi connectivity index (χ0) is 15.4. The van der Waals surface area contributed by atoms with E-state index in [2.05, 4.69) is 9.97 Å². The standard InChI is InChI=1S/C17H14ClN3O/c18-15-4-2-1-3-13(15)11-22-17-16(20-9-10-21-17)12-5-7-14(19)8-6-12/h1-10H,11,19H2. The lowest BCUT2D eigenvalue weighted by Gasteiger charge is -2.10. The molecule has 1 heterocycles. The highest BCUT2D eigenvalue weighted by Crippen LogP contribution is 2.27. The molecule has 0 bridgehead atoms. The maximum absolute atomic E-state index is 6.13. The number of anilines is 1. The third-order valence-electron chi connectivity index (χ3n) is 3.17. The number of benzene rings is 2. The van der Waals surface area contributed by atoms with Gasteiger partial charge in [-0.05, 0) is 18.2 Å². The summed E-state index contributed by atoms with van der Waals surface area (Å²) in [6, 6.07) is 15.0. The summed E-state index contributed by atoms with van der Waals surface area (Å²) in [5.74, 6) is 0.465. The number of halogens is 1. The molecule has 1 aromatic heterocycles. The van der Waals surface area contributed by atoms with Crippen LogP contribution in [0.1, 0.15) is 5.56 Å². The second-order valence-corrected chi connectivity index (χ2v) is 5.12. The van der Waals surface area contributed by atoms with Crippen molar-refractivity contribution in [1.82, 2.24) is 9.97 Å². The molecule has 0 aliphatic heterocycles. The second kappa shape index (κ2) is 6.45. The maximum Gasteiger partial charge on any atom is 0.240 e. The molecular formula is C17H14ClN3O. The number of rotatable bonds is 4. The van der Waals surface area contributed by atoms with Crippen molar-refractivity contribution in [3.05, 3.63) is 71.5 Å². The van der Waals surface area contributed by atoms with E-state index < -0.39 is 0 Å². The summed E-state index contributed by atoms with van der Waals surface area (Å²) in [6.07, 6.45) is 3.23. The Hall–Kier alpha value is -2.59. The molecule has 2 N–H and O–H groups in total. The number of hydrogen-bond donors (Lipinski definition) is 1. The van der Waals surface area contributed by atoms with E-state index in [1.165, 1.54) is 0 Å². The molecule has 4 nitrogen and oxygen atoms in total. The van der Waals surface area contributed by atoms with E-state index >= 15 is 0 Å². The van der Waals surface area contributed by atoms with Gasteiger partial charge in [0.05, 0.1) is 0 Å². The van der Waals surface area contributed by atoms with Crippen LogP contribution in [0.15, 0.2) is 60.9 Å². The van der Waals surface area contributed by atoms with E-state index in [4.69, 9.17) is 22.1 Å². The van der Waals surface area contributed by atoms with Gasteiger partial charge in [-0.2, -0.15) is 0 Å². The molecule has 5 heteroatoms. The first-order valence-electron chi connectivity index (χ1n) is 6.77. The highest BCUT2D eigenvalue weighted by Gasteiger charge is 2.10. The van der Waals surface area contributed by atoms with Crippen molar-refractivity contribution in [3.63, 3.8) is 0 Å². The summed E-state index contributed by atoms with van der Waals surface area (Å²) in [5, 5.41) is 0.667. The van der Waals surface area contributed by atoms with Crippen molar-refractivity contribution in [2.45, 2.75) is 6.61 Å². The molecule has 0 atom stereocenters. The minimum Gasteiger partial charge on any atom is -0.471 e. The second-order valence-electron chi connectivity index (χ2n) is 4.71. The zero-order valence-corrected chi connectivity index (χ0v) is 12.5. The van der Waals surface area contributed by atoms with Crippen LogP contribution in [-0.4, -0.2) is 9.97 Å². The molecule has 0 amide bonds. The molecule has 0 spiro atoms. The number of hydrogen-bond acceptors (Lipinski definition) is 4. The minimum atomic E-state index is 0.334. The Labute approximate surface area is 133 Å². The van der Waals surface area contributed by atoms with E-state index in [9.17, 15) is 0 Å². The minimum absolute atomic E-state index is 0.334. The van der Waals surface area contributed by atoms with Gasteiger partial charge in [-0.1, -0.05) is 41.9 Å². The SMILES string of the molecule is Nc1ccc(-c2nccnc2OCc2ccccc2Cl)cc1. The van der Waals surface area contributed by atoms with Gasteiger partial charge in [-0.25, -0.2) is 9.97 Å². The number of aromatic nitrogens is 2. The summed E-state index contributed by atoms with van der Waals surface area (Å²) in [4.78, 5) is 8.62. The summed E-state index contributed by atoms with van der Waals surface area (Å²) in [6.45, 7) is 0.334. The van der Waals surface area contributed by atoms with Crippen molar-refractivity contribution >= 4 is 17.3 Å². The predicted octanol–water partition coefficient (Wildman–Crippen LogP) is 3.96. The molecule has 0 aliphatic rings. The largest absolute Gasteiger partial charge is 0.471 e. The van der Waals surface area contributed by atoms with Crippen molar-refractivity contribution in [1.29, 1.82) is 0 Å². The van der Waals surface area contributed by atoms with Crippen molar-refractivity contribution in [3.8, 4) is 17.1 Å². The van der Waals surface area contributed by atoms with E-state index in [0.717, 1.165) is 11.1 Å². The Morgan fingerprint density at radius 3 is 2.45 bits per heavy atom. The molecule has 110 valence electrons. The van der Waals surface area contributed by atoms with Gasteiger partial charge < -0.3 is 10.5 Å². The number of nitrogens with zero attached hydrogens (tertiary/aromatic N) is 2. The van der Waals surface area contributed by atoms with Crippen LogP contribution >= 0.6 is 11.6 Å². The van der Waals surface area contributed by atoms with E-state index in [0.29, 0.717) is 28.9 Å². The monoisotopic (exact) mass is 311 g/mol. The lowest BCUT2D eigenvalue weighted by Crippen LogP contribution is -2.01. The van der Waals surface area contributed by atoms with Gasteiger partial charge in [0.25, 0.3) is 0 Å². The van der Waals surface area contributed by atoms with Gasteiger partial charge in [-0.15, -0.1) is 0 Å². The fraction of sp³-hybridized carbons (Fsp3) is 0.0588. The normalized spacial score (nSPS) is 10.4. The summed E-state index contributed by atoms with van der Waals surface area (Å²) >= 11 is 6.13. The van der Waals surface area contributed by atoms with E-state index in [-0.39, 0.29) is 0 Å². The quantitative estimate of drug-likeness (QED) is 0.741.